The fraction of sp³-hybridized carbons (Fsp3) is 0.611. The molecule has 1 fully saturated rings. The van der Waals surface area contributed by atoms with Crippen LogP contribution >= 0.6 is 24.0 Å². The molecule has 5 nitrogen and oxygen atoms in total. The van der Waals surface area contributed by atoms with Crippen molar-refractivity contribution in [2.45, 2.75) is 32.2 Å². The first-order valence-corrected chi connectivity index (χ1v) is 8.61. The van der Waals surface area contributed by atoms with E-state index in [2.05, 4.69) is 26.6 Å². The highest BCUT2D eigenvalue weighted by Crippen LogP contribution is 2.12. The highest BCUT2D eigenvalue weighted by Gasteiger charge is 2.10. The smallest absolute Gasteiger partial charge is 0.191 e. The van der Waals surface area contributed by atoms with Crippen molar-refractivity contribution in [2.24, 2.45) is 4.99 Å². The topological polar surface area (TPSA) is 48.9 Å². The number of ether oxygens (including phenoxy) is 1. The minimum Gasteiger partial charge on any atom is -0.497 e. The summed E-state index contributed by atoms with van der Waals surface area (Å²) in [6.45, 7) is 5.52. The van der Waals surface area contributed by atoms with Crippen LogP contribution in [0.25, 0.3) is 0 Å². The molecule has 6 heteroatoms. The van der Waals surface area contributed by atoms with Gasteiger partial charge in [0.2, 0.25) is 0 Å². The molecule has 0 unspecified atom stereocenters. The van der Waals surface area contributed by atoms with Crippen LogP contribution in [0.4, 0.5) is 0 Å². The van der Waals surface area contributed by atoms with Crippen molar-refractivity contribution in [3.05, 3.63) is 29.8 Å². The van der Waals surface area contributed by atoms with Gasteiger partial charge < -0.3 is 20.3 Å². The average Bonchev–Trinajstić information content (AvgIpc) is 3.11. The van der Waals surface area contributed by atoms with Gasteiger partial charge in [-0.2, -0.15) is 0 Å². The zero-order valence-electron chi connectivity index (χ0n) is 14.9. The molecule has 0 spiro atoms. The molecule has 0 amide bonds. The Kier molecular flexibility index (Phi) is 10.8. The standard InChI is InChI=1S/C18H30N4O.HI/c1-19-18(20-10-3-4-11-22-12-5-6-13-22)21-15-16-8-7-9-17(14-16)23-2;/h7-9,14H,3-6,10-13,15H2,1-2H3,(H2,19,20,21);1H. The summed E-state index contributed by atoms with van der Waals surface area (Å²) in [5.74, 6) is 1.74. The summed E-state index contributed by atoms with van der Waals surface area (Å²) in [6, 6.07) is 8.08. The van der Waals surface area contributed by atoms with Gasteiger partial charge in [0.15, 0.2) is 5.96 Å². The maximum atomic E-state index is 5.24. The molecule has 1 aliphatic heterocycles. The summed E-state index contributed by atoms with van der Waals surface area (Å²) in [5, 5.41) is 6.72. The molecule has 1 saturated heterocycles. The Balaban J connectivity index is 0.00000288. The van der Waals surface area contributed by atoms with Crippen LogP contribution in [0.1, 0.15) is 31.2 Å². The van der Waals surface area contributed by atoms with Crippen molar-refractivity contribution < 1.29 is 4.74 Å². The summed E-state index contributed by atoms with van der Waals surface area (Å²) >= 11 is 0. The average molecular weight is 446 g/mol. The number of halogens is 1. The lowest BCUT2D eigenvalue weighted by Crippen LogP contribution is -2.37. The first-order chi connectivity index (χ1) is 11.3. The number of nitrogens with one attached hydrogen (secondary N) is 2. The van der Waals surface area contributed by atoms with E-state index in [1.165, 1.54) is 50.9 Å². The monoisotopic (exact) mass is 446 g/mol. The van der Waals surface area contributed by atoms with E-state index >= 15 is 0 Å². The summed E-state index contributed by atoms with van der Waals surface area (Å²) in [4.78, 5) is 6.84. The van der Waals surface area contributed by atoms with Crippen LogP contribution in [0.3, 0.4) is 0 Å². The van der Waals surface area contributed by atoms with E-state index in [1.54, 1.807) is 7.11 Å². The van der Waals surface area contributed by atoms with Crippen molar-refractivity contribution in [3.63, 3.8) is 0 Å². The third-order valence-electron chi connectivity index (χ3n) is 4.21. The maximum absolute atomic E-state index is 5.24. The number of nitrogens with zero attached hydrogens (tertiary/aromatic N) is 2. The minimum atomic E-state index is 0. The van der Waals surface area contributed by atoms with Gasteiger partial charge in [-0.25, -0.2) is 0 Å². The number of guanidine groups is 1. The van der Waals surface area contributed by atoms with Crippen LogP contribution in [0.2, 0.25) is 0 Å². The normalized spacial score (nSPS) is 15.0. The molecule has 0 bridgehead atoms. The SMILES string of the molecule is CN=C(NCCCCN1CCCC1)NCc1cccc(OC)c1.I. The number of benzene rings is 1. The molecule has 2 N–H and O–H groups in total. The molecule has 1 aromatic rings. The fourth-order valence-corrected chi connectivity index (χ4v) is 2.86. The van der Waals surface area contributed by atoms with Gasteiger partial charge in [-0.05, 0) is 63.0 Å². The highest BCUT2D eigenvalue weighted by molar-refractivity contribution is 14.0. The van der Waals surface area contributed by atoms with Crippen molar-refractivity contribution in [3.8, 4) is 5.75 Å². The van der Waals surface area contributed by atoms with Gasteiger partial charge >= 0.3 is 0 Å². The highest BCUT2D eigenvalue weighted by atomic mass is 127. The quantitative estimate of drug-likeness (QED) is 0.279. The number of aliphatic imine (C=N–C) groups is 1. The Labute approximate surface area is 163 Å². The van der Waals surface area contributed by atoms with Crippen molar-refractivity contribution >= 4 is 29.9 Å². The predicted molar refractivity (Wildman–Crippen MR) is 112 cm³/mol. The summed E-state index contributed by atoms with van der Waals surface area (Å²) in [6.07, 6.45) is 5.18. The van der Waals surface area contributed by atoms with Crippen LogP contribution in [0.5, 0.6) is 5.75 Å². The van der Waals surface area contributed by atoms with E-state index in [0.717, 1.165) is 24.8 Å². The Morgan fingerprint density at radius 3 is 2.71 bits per heavy atom. The van der Waals surface area contributed by atoms with Crippen molar-refractivity contribution in [1.29, 1.82) is 0 Å². The van der Waals surface area contributed by atoms with Gasteiger partial charge in [-0.3, -0.25) is 4.99 Å². The molecule has 24 heavy (non-hydrogen) atoms. The predicted octanol–water partition coefficient (Wildman–Crippen LogP) is 2.85. The van der Waals surface area contributed by atoms with E-state index in [0.29, 0.717) is 0 Å². The second-order valence-corrected chi connectivity index (χ2v) is 5.96. The number of hydrogen-bond donors (Lipinski definition) is 2. The van der Waals surface area contributed by atoms with Gasteiger partial charge in [-0.15, -0.1) is 24.0 Å². The van der Waals surface area contributed by atoms with E-state index in [9.17, 15) is 0 Å². The van der Waals surface area contributed by atoms with Crippen LogP contribution in [0, 0.1) is 0 Å². The lowest BCUT2D eigenvalue weighted by molar-refractivity contribution is 0.330. The molecular formula is C18H31IN4O. The zero-order chi connectivity index (χ0) is 16.3. The third kappa shape index (κ3) is 7.70. The molecule has 1 aromatic carbocycles. The number of methoxy groups -OCH3 is 1. The molecule has 2 rings (SSSR count). The molecule has 0 saturated carbocycles. The van der Waals surface area contributed by atoms with Crippen molar-refractivity contribution in [2.75, 3.05) is 40.3 Å². The number of rotatable bonds is 8. The lowest BCUT2D eigenvalue weighted by atomic mass is 10.2. The number of hydrogen-bond acceptors (Lipinski definition) is 3. The van der Waals surface area contributed by atoms with Crippen molar-refractivity contribution in [1.82, 2.24) is 15.5 Å². The second-order valence-electron chi connectivity index (χ2n) is 5.96. The molecule has 136 valence electrons. The molecule has 0 aliphatic carbocycles. The van der Waals surface area contributed by atoms with Gasteiger partial charge in [0.05, 0.1) is 7.11 Å². The number of likely N-dealkylation sites (tertiary alicyclic amines) is 1. The lowest BCUT2D eigenvalue weighted by Gasteiger charge is -2.15. The van der Waals surface area contributed by atoms with Gasteiger partial charge in [0.25, 0.3) is 0 Å². The molecule has 1 aliphatic rings. The maximum Gasteiger partial charge on any atom is 0.191 e. The second kappa shape index (κ2) is 12.4. The molecular weight excluding hydrogens is 415 g/mol. The van der Waals surface area contributed by atoms with E-state index < -0.39 is 0 Å². The first-order valence-electron chi connectivity index (χ1n) is 8.61. The van der Waals surface area contributed by atoms with E-state index in [-0.39, 0.29) is 24.0 Å². The van der Waals surface area contributed by atoms with Gasteiger partial charge in [-0.1, -0.05) is 12.1 Å². The molecule has 0 atom stereocenters. The van der Waals surface area contributed by atoms with Crippen LogP contribution in [-0.4, -0.2) is 51.2 Å². The van der Waals surface area contributed by atoms with Crippen LogP contribution in [-0.2, 0) is 6.54 Å². The van der Waals surface area contributed by atoms with Crippen LogP contribution in [0.15, 0.2) is 29.3 Å². The molecule has 0 aromatic heterocycles. The Morgan fingerprint density at radius 2 is 2.00 bits per heavy atom. The summed E-state index contributed by atoms with van der Waals surface area (Å²) in [5.41, 5.74) is 1.18. The largest absolute Gasteiger partial charge is 0.497 e. The Bertz CT molecular complexity index is 490. The Morgan fingerprint density at radius 1 is 1.21 bits per heavy atom. The summed E-state index contributed by atoms with van der Waals surface area (Å²) < 4.78 is 5.24. The summed E-state index contributed by atoms with van der Waals surface area (Å²) in [7, 11) is 3.50. The van der Waals surface area contributed by atoms with Gasteiger partial charge in [0, 0.05) is 20.1 Å². The third-order valence-corrected chi connectivity index (χ3v) is 4.21. The zero-order valence-corrected chi connectivity index (χ0v) is 17.2. The fourth-order valence-electron chi connectivity index (χ4n) is 2.86. The van der Waals surface area contributed by atoms with E-state index in [1.807, 2.05) is 25.2 Å². The van der Waals surface area contributed by atoms with Crippen LogP contribution < -0.4 is 15.4 Å². The molecule has 0 radical (unpaired) electrons. The van der Waals surface area contributed by atoms with Gasteiger partial charge in [0.1, 0.15) is 5.75 Å². The Hall–Kier alpha value is -1.02. The molecule has 1 heterocycles. The van der Waals surface area contributed by atoms with E-state index in [4.69, 9.17) is 4.74 Å². The minimum absolute atomic E-state index is 0. The first kappa shape index (κ1) is 21.0. The number of unbranched alkanes of at least 4 members (excludes halogenated alkanes) is 1.